The van der Waals surface area contributed by atoms with E-state index in [1.165, 1.54) is 11.6 Å². The molecule has 0 heterocycles. The summed E-state index contributed by atoms with van der Waals surface area (Å²) in [4.78, 5) is 0. The van der Waals surface area contributed by atoms with Gasteiger partial charge in [-0.15, -0.1) is 5.54 Å². The van der Waals surface area contributed by atoms with E-state index < -0.39 is 22.3 Å². The number of hydrogen-bond donors (Lipinski definition) is 0. The molecule has 0 aliphatic heterocycles. The largest absolute Gasteiger partial charge is 0.132 e. The first kappa shape index (κ1) is 16.5. The SMILES string of the molecule is CC[Si](C#Cc1ccccc1)([Si](C)(C)C)[Si](C)(C)C. The van der Waals surface area contributed by atoms with Crippen molar-refractivity contribution in [2.24, 2.45) is 0 Å². The van der Waals surface area contributed by atoms with Crippen LogP contribution in [0.4, 0.5) is 0 Å². The molecule has 0 aromatic heterocycles. The molecule has 0 fully saturated rings. The van der Waals surface area contributed by atoms with Crippen molar-refractivity contribution in [3.05, 3.63) is 35.9 Å². The van der Waals surface area contributed by atoms with Gasteiger partial charge in [-0.05, 0) is 12.1 Å². The summed E-state index contributed by atoms with van der Waals surface area (Å²) in [7, 11) is -3.84. The van der Waals surface area contributed by atoms with E-state index in [0.29, 0.717) is 0 Å². The summed E-state index contributed by atoms with van der Waals surface area (Å²) in [6, 6.07) is 11.8. The Balaban J connectivity index is 3.32. The third-order valence-electron chi connectivity index (χ3n) is 4.29. The van der Waals surface area contributed by atoms with Crippen LogP contribution in [0.5, 0.6) is 0 Å². The molecule has 0 amide bonds. The van der Waals surface area contributed by atoms with Gasteiger partial charge >= 0.3 is 0 Å². The molecular formula is C16H28Si3. The fourth-order valence-electron chi connectivity index (χ4n) is 3.35. The van der Waals surface area contributed by atoms with Crippen LogP contribution in [0, 0.1) is 11.5 Å². The molecule has 3 heteroatoms. The maximum atomic E-state index is 3.89. The zero-order chi connectivity index (χ0) is 14.7. The lowest BCUT2D eigenvalue weighted by Gasteiger charge is -2.45. The third-order valence-corrected chi connectivity index (χ3v) is 42.8. The summed E-state index contributed by atoms with van der Waals surface area (Å²) in [6.45, 7) is 17.6. The summed E-state index contributed by atoms with van der Waals surface area (Å²) in [5, 5.41) is 0. The van der Waals surface area contributed by atoms with E-state index in [-0.39, 0.29) is 0 Å². The van der Waals surface area contributed by atoms with Crippen molar-refractivity contribution >= 4 is 22.3 Å². The Labute approximate surface area is 122 Å². The average Bonchev–Trinajstić information content (AvgIpc) is 2.28. The van der Waals surface area contributed by atoms with Crippen LogP contribution in [-0.2, 0) is 0 Å². The normalized spacial score (nSPS) is 12.8. The van der Waals surface area contributed by atoms with E-state index >= 15 is 0 Å². The van der Waals surface area contributed by atoms with Crippen molar-refractivity contribution in [2.45, 2.75) is 52.2 Å². The van der Waals surface area contributed by atoms with Crippen molar-refractivity contribution in [2.75, 3.05) is 0 Å². The van der Waals surface area contributed by atoms with Crippen LogP contribution >= 0.6 is 0 Å². The van der Waals surface area contributed by atoms with Gasteiger partial charge in [0.05, 0.1) is 15.2 Å². The van der Waals surface area contributed by atoms with Gasteiger partial charge in [0, 0.05) is 5.56 Å². The van der Waals surface area contributed by atoms with Crippen molar-refractivity contribution in [3.8, 4) is 11.5 Å². The molecule has 1 rings (SSSR count). The molecular weight excluding hydrogens is 276 g/mol. The fourth-order valence-corrected chi connectivity index (χ4v) is 45.0. The van der Waals surface area contributed by atoms with Crippen LogP contribution in [-0.4, -0.2) is 22.3 Å². The first-order chi connectivity index (χ1) is 8.64. The van der Waals surface area contributed by atoms with E-state index in [0.717, 1.165) is 0 Å². The zero-order valence-electron chi connectivity index (χ0n) is 13.6. The predicted molar refractivity (Wildman–Crippen MR) is 96.2 cm³/mol. The van der Waals surface area contributed by atoms with Crippen LogP contribution in [0.25, 0.3) is 0 Å². The van der Waals surface area contributed by atoms with Crippen molar-refractivity contribution in [1.82, 2.24) is 0 Å². The second-order valence-electron chi connectivity index (χ2n) is 7.37. The second-order valence-corrected chi connectivity index (χ2v) is 34.8. The van der Waals surface area contributed by atoms with Gasteiger partial charge in [-0.3, -0.25) is 0 Å². The summed E-state index contributed by atoms with van der Waals surface area (Å²) in [6.07, 6.45) is 0. The zero-order valence-corrected chi connectivity index (χ0v) is 16.6. The Bertz CT molecular complexity index is 453. The summed E-state index contributed by atoms with van der Waals surface area (Å²) >= 11 is 0. The van der Waals surface area contributed by atoms with Crippen LogP contribution in [0.2, 0.25) is 45.3 Å². The maximum Gasteiger partial charge on any atom is 0.121 e. The van der Waals surface area contributed by atoms with Gasteiger partial charge in [-0.1, -0.05) is 76.4 Å². The Morgan fingerprint density at radius 3 is 1.68 bits per heavy atom. The molecule has 0 nitrogen and oxygen atoms in total. The molecule has 0 N–H and O–H groups in total. The maximum absolute atomic E-state index is 3.89. The smallest absolute Gasteiger partial charge is 0.121 e. The highest BCUT2D eigenvalue weighted by atomic mass is 29.6. The molecule has 19 heavy (non-hydrogen) atoms. The standard InChI is InChI=1S/C16H28Si3/c1-8-19(17(2,3)4,18(5,6)7)15-14-16-12-10-9-11-13-16/h9-13H,8H2,1-7H3. The van der Waals surface area contributed by atoms with Crippen LogP contribution in [0.15, 0.2) is 30.3 Å². The van der Waals surface area contributed by atoms with Gasteiger partial charge in [0.1, 0.15) is 7.11 Å². The Morgan fingerprint density at radius 1 is 0.842 bits per heavy atom. The van der Waals surface area contributed by atoms with E-state index in [9.17, 15) is 0 Å². The quantitative estimate of drug-likeness (QED) is 0.551. The highest BCUT2D eigenvalue weighted by molar-refractivity contribution is 7.71. The van der Waals surface area contributed by atoms with Gasteiger partial charge in [0.15, 0.2) is 0 Å². The minimum Gasteiger partial charge on any atom is -0.132 e. The molecule has 0 saturated heterocycles. The molecule has 0 atom stereocenters. The highest BCUT2D eigenvalue weighted by Gasteiger charge is 2.52. The van der Waals surface area contributed by atoms with Gasteiger partial charge in [0.25, 0.3) is 0 Å². The Kier molecular flexibility index (Phi) is 5.05. The molecule has 0 aliphatic rings. The van der Waals surface area contributed by atoms with Gasteiger partial charge in [-0.25, -0.2) is 0 Å². The summed E-state index contributed by atoms with van der Waals surface area (Å²) in [5.74, 6) is 3.53. The van der Waals surface area contributed by atoms with Gasteiger partial charge in [0.2, 0.25) is 0 Å². The van der Waals surface area contributed by atoms with E-state index in [4.69, 9.17) is 0 Å². The van der Waals surface area contributed by atoms with Crippen molar-refractivity contribution in [3.63, 3.8) is 0 Å². The van der Waals surface area contributed by atoms with Crippen molar-refractivity contribution in [1.29, 1.82) is 0 Å². The number of benzene rings is 1. The predicted octanol–water partition coefficient (Wildman–Crippen LogP) is 4.88. The van der Waals surface area contributed by atoms with Crippen molar-refractivity contribution < 1.29 is 0 Å². The molecule has 0 spiro atoms. The van der Waals surface area contributed by atoms with Gasteiger partial charge in [-0.2, -0.15) is 0 Å². The molecule has 1 aromatic rings. The molecule has 104 valence electrons. The first-order valence-electron chi connectivity index (χ1n) is 7.22. The first-order valence-corrected chi connectivity index (χ1v) is 18.4. The highest BCUT2D eigenvalue weighted by Crippen LogP contribution is 2.31. The molecule has 1 aromatic carbocycles. The Hall–Kier alpha value is -0.569. The van der Waals surface area contributed by atoms with E-state index in [1.807, 2.05) is 0 Å². The molecule has 0 saturated carbocycles. The summed E-state index contributed by atoms with van der Waals surface area (Å²) < 4.78 is 0. The van der Waals surface area contributed by atoms with Crippen LogP contribution in [0.3, 0.4) is 0 Å². The molecule has 0 radical (unpaired) electrons. The Morgan fingerprint density at radius 2 is 1.32 bits per heavy atom. The lowest BCUT2D eigenvalue weighted by molar-refractivity contribution is 1.42. The van der Waals surface area contributed by atoms with Crippen LogP contribution in [0.1, 0.15) is 12.5 Å². The van der Waals surface area contributed by atoms with Crippen LogP contribution < -0.4 is 0 Å². The number of hydrogen-bond acceptors (Lipinski definition) is 0. The molecule has 0 aliphatic carbocycles. The fraction of sp³-hybridized carbons (Fsp3) is 0.500. The van der Waals surface area contributed by atoms with E-state index in [2.05, 4.69) is 88.0 Å². The molecule has 0 unspecified atom stereocenters. The lowest BCUT2D eigenvalue weighted by atomic mass is 10.2. The summed E-state index contributed by atoms with van der Waals surface area (Å²) in [5.41, 5.74) is 5.08. The third kappa shape index (κ3) is 3.50. The number of rotatable bonds is 3. The molecule has 0 bridgehead atoms. The minimum atomic E-state index is -1.44. The topological polar surface area (TPSA) is 0 Å². The minimum absolute atomic E-state index is 1.18. The van der Waals surface area contributed by atoms with Gasteiger partial charge < -0.3 is 0 Å². The van der Waals surface area contributed by atoms with E-state index in [1.54, 1.807) is 0 Å². The monoisotopic (exact) mass is 304 g/mol. The lowest BCUT2D eigenvalue weighted by Crippen LogP contribution is -2.70. The average molecular weight is 305 g/mol. The second kappa shape index (κ2) is 5.82.